The summed E-state index contributed by atoms with van der Waals surface area (Å²) >= 11 is 0. The highest BCUT2D eigenvalue weighted by atomic mass is 32.2. The summed E-state index contributed by atoms with van der Waals surface area (Å²) in [6.07, 6.45) is 2.94. The van der Waals surface area contributed by atoms with Gasteiger partial charge in [-0.25, -0.2) is 8.42 Å². The molecule has 1 N–H and O–H groups in total. The Kier molecular flexibility index (Phi) is 3.90. The third kappa shape index (κ3) is 3.16. The lowest BCUT2D eigenvalue weighted by molar-refractivity contribution is -0.387. The van der Waals surface area contributed by atoms with Crippen molar-refractivity contribution in [3.8, 4) is 0 Å². The van der Waals surface area contributed by atoms with Crippen molar-refractivity contribution < 1.29 is 13.3 Å². The van der Waals surface area contributed by atoms with Gasteiger partial charge in [0.15, 0.2) is 4.90 Å². The van der Waals surface area contributed by atoms with E-state index in [-0.39, 0.29) is 4.90 Å². The fourth-order valence-corrected chi connectivity index (χ4v) is 3.07. The SMILES string of the molecule is Cc1ccc(S(=O)(=O)Nc2ccncc2C)c([N+](=O)[O-])c1. The minimum atomic E-state index is -4.05. The molecule has 8 heteroatoms. The Morgan fingerprint density at radius 3 is 2.57 bits per heavy atom. The largest absolute Gasteiger partial charge is 0.290 e. The van der Waals surface area contributed by atoms with E-state index in [4.69, 9.17) is 0 Å². The zero-order valence-electron chi connectivity index (χ0n) is 11.4. The molecule has 0 amide bonds. The van der Waals surface area contributed by atoms with Gasteiger partial charge in [-0.2, -0.15) is 0 Å². The molecule has 0 radical (unpaired) electrons. The van der Waals surface area contributed by atoms with Crippen LogP contribution in [0.15, 0.2) is 41.6 Å². The van der Waals surface area contributed by atoms with Crippen LogP contribution in [0.5, 0.6) is 0 Å². The first-order chi connectivity index (χ1) is 9.81. The number of rotatable bonds is 4. The Morgan fingerprint density at radius 2 is 1.95 bits per heavy atom. The molecule has 0 fully saturated rings. The minimum absolute atomic E-state index is 0.333. The second kappa shape index (κ2) is 5.49. The average Bonchev–Trinajstić information content (AvgIpc) is 2.40. The van der Waals surface area contributed by atoms with E-state index < -0.39 is 20.6 Å². The number of sulfonamides is 1. The summed E-state index contributed by atoms with van der Waals surface area (Å²) in [6.45, 7) is 3.35. The maximum atomic E-state index is 12.4. The third-order valence-corrected chi connectivity index (χ3v) is 4.28. The number of benzene rings is 1. The summed E-state index contributed by atoms with van der Waals surface area (Å²) in [5, 5.41) is 11.0. The van der Waals surface area contributed by atoms with Crippen molar-refractivity contribution in [1.82, 2.24) is 4.98 Å². The van der Waals surface area contributed by atoms with E-state index in [1.807, 2.05) is 0 Å². The van der Waals surface area contributed by atoms with Gasteiger partial charge in [-0.3, -0.25) is 19.8 Å². The molecular weight excluding hydrogens is 294 g/mol. The lowest BCUT2D eigenvalue weighted by Gasteiger charge is -2.10. The Labute approximate surface area is 121 Å². The van der Waals surface area contributed by atoms with E-state index >= 15 is 0 Å². The Morgan fingerprint density at radius 1 is 1.24 bits per heavy atom. The van der Waals surface area contributed by atoms with Crippen LogP contribution in [0, 0.1) is 24.0 Å². The summed E-state index contributed by atoms with van der Waals surface area (Å²) < 4.78 is 27.1. The number of nitro groups is 1. The van der Waals surface area contributed by atoms with Crippen LogP contribution in [0.25, 0.3) is 0 Å². The van der Waals surface area contributed by atoms with Gasteiger partial charge in [-0.05, 0) is 37.1 Å². The minimum Gasteiger partial charge on any atom is -0.279 e. The van der Waals surface area contributed by atoms with E-state index in [0.717, 1.165) is 0 Å². The predicted molar refractivity (Wildman–Crippen MR) is 77.6 cm³/mol. The second-order valence-electron chi connectivity index (χ2n) is 4.52. The van der Waals surface area contributed by atoms with E-state index in [1.54, 1.807) is 13.8 Å². The van der Waals surface area contributed by atoms with E-state index in [0.29, 0.717) is 16.8 Å². The maximum Gasteiger partial charge on any atom is 0.290 e. The summed E-state index contributed by atoms with van der Waals surface area (Å²) in [7, 11) is -4.05. The van der Waals surface area contributed by atoms with Crippen LogP contribution in [-0.2, 0) is 10.0 Å². The van der Waals surface area contributed by atoms with Crippen LogP contribution >= 0.6 is 0 Å². The number of nitrogens with zero attached hydrogens (tertiary/aromatic N) is 2. The first-order valence-corrected chi connectivity index (χ1v) is 7.48. The zero-order valence-corrected chi connectivity index (χ0v) is 12.2. The van der Waals surface area contributed by atoms with Crippen molar-refractivity contribution >= 4 is 21.4 Å². The molecule has 7 nitrogen and oxygen atoms in total. The molecule has 0 aliphatic carbocycles. The predicted octanol–water partition coefficient (Wildman–Crippen LogP) is 2.41. The van der Waals surface area contributed by atoms with E-state index in [9.17, 15) is 18.5 Å². The first-order valence-electron chi connectivity index (χ1n) is 6.00. The summed E-state index contributed by atoms with van der Waals surface area (Å²) in [4.78, 5) is 13.8. The molecule has 0 unspecified atom stereocenters. The molecule has 1 heterocycles. The molecule has 0 spiro atoms. The molecule has 0 saturated carbocycles. The van der Waals surface area contributed by atoms with Crippen molar-refractivity contribution in [2.45, 2.75) is 18.7 Å². The Hall–Kier alpha value is -2.48. The van der Waals surface area contributed by atoms with Gasteiger partial charge in [-0.1, -0.05) is 6.07 Å². The van der Waals surface area contributed by atoms with Crippen molar-refractivity contribution in [3.05, 3.63) is 57.9 Å². The van der Waals surface area contributed by atoms with Crippen molar-refractivity contribution in [2.24, 2.45) is 0 Å². The topological polar surface area (TPSA) is 102 Å². The third-order valence-electron chi connectivity index (χ3n) is 2.87. The smallest absolute Gasteiger partial charge is 0.279 e. The average molecular weight is 307 g/mol. The molecule has 0 saturated heterocycles. The summed E-state index contributed by atoms with van der Waals surface area (Å²) in [6, 6.07) is 5.47. The molecule has 0 atom stereocenters. The van der Waals surface area contributed by atoms with Crippen LogP contribution < -0.4 is 4.72 Å². The molecule has 1 aromatic carbocycles. The molecule has 21 heavy (non-hydrogen) atoms. The standard InChI is InChI=1S/C13H13N3O4S/c1-9-3-4-13(12(7-9)16(17)18)21(19,20)15-11-5-6-14-8-10(11)2/h3-8H,1-2H3,(H,14,15). The van der Waals surface area contributed by atoms with Gasteiger partial charge in [0.1, 0.15) is 0 Å². The molecule has 2 rings (SSSR count). The molecule has 0 aliphatic heterocycles. The van der Waals surface area contributed by atoms with Crippen LogP contribution in [-0.4, -0.2) is 18.3 Å². The highest BCUT2D eigenvalue weighted by Crippen LogP contribution is 2.27. The number of nitro benzene ring substituents is 1. The molecule has 2 aromatic rings. The quantitative estimate of drug-likeness (QED) is 0.690. The van der Waals surface area contributed by atoms with Gasteiger partial charge in [0, 0.05) is 18.5 Å². The number of hydrogen-bond donors (Lipinski definition) is 1. The fourth-order valence-electron chi connectivity index (χ4n) is 1.78. The van der Waals surface area contributed by atoms with Gasteiger partial charge in [0.2, 0.25) is 0 Å². The van der Waals surface area contributed by atoms with Crippen molar-refractivity contribution in [3.63, 3.8) is 0 Å². The van der Waals surface area contributed by atoms with Gasteiger partial charge in [-0.15, -0.1) is 0 Å². The first kappa shape index (κ1) is 14.9. The highest BCUT2D eigenvalue weighted by Gasteiger charge is 2.26. The van der Waals surface area contributed by atoms with Gasteiger partial charge in [0.25, 0.3) is 15.7 Å². The van der Waals surface area contributed by atoms with E-state index in [2.05, 4.69) is 9.71 Å². The van der Waals surface area contributed by atoms with Gasteiger partial charge in [0.05, 0.1) is 10.6 Å². The second-order valence-corrected chi connectivity index (χ2v) is 6.18. The lowest BCUT2D eigenvalue weighted by Crippen LogP contribution is -2.15. The van der Waals surface area contributed by atoms with Crippen molar-refractivity contribution in [1.29, 1.82) is 0 Å². The molecule has 110 valence electrons. The summed E-state index contributed by atoms with van der Waals surface area (Å²) in [5.41, 5.74) is 1.12. The number of aromatic nitrogens is 1. The highest BCUT2D eigenvalue weighted by molar-refractivity contribution is 7.92. The molecule has 0 bridgehead atoms. The van der Waals surface area contributed by atoms with Crippen molar-refractivity contribution in [2.75, 3.05) is 4.72 Å². The lowest BCUT2D eigenvalue weighted by atomic mass is 10.2. The van der Waals surface area contributed by atoms with Crippen LogP contribution in [0.3, 0.4) is 0 Å². The monoisotopic (exact) mass is 307 g/mol. The number of pyridine rings is 1. The normalized spacial score (nSPS) is 11.1. The van der Waals surface area contributed by atoms with Crippen LogP contribution in [0.1, 0.15) is 11.1 Å². The maximum absolute atomic E-state index is 12.4. The van der Waals surface area contributed by atoms with Gasteiger partial charge >= 0.3 is 0 Å². The molecule has 1 aromatic heterocycles. The van der Waals surface area contributed by atoms with Gasteiger partial charge < -0.3 is 0 Å². The Balaban J connectivity index is 2.50. The Bertz CT molecular complexity index is 803. The van der Waals surface area contributed by atoms with E-state index in [1.165, 1.54) is 36.7 Å². The van der Waals surface area contributed by atoms with Crippen LogP contribution in [0.4, 0.5) is 11.4 Å². The number of hydrogen-bond acceptors (Lipinski definition) is 5. The summed E-state index contributed by atoms with van der Waals surface area (Å²) in [5.74, 6) is 0. The number of nitrogens with one attached hydrogen (secondary N) is 1. The number of anilines is 1. The molecular formula is C13H13N3O4S. The fraction of sp³-hybridized carbons (Fsp3) is 0.154. The zero-order chi connectivity index (χ0) is 15.6. The molecule has 0 aliphatic rings. The number of aryl methyl sites for hydroxylation is 2. The van der Waals surface area contributed by atoms with Crippen LogP contribution in [0.2, 0.25) is 0 Å².